The van der Waals surface area contributed by atoms with E-state index < -0.39 is 5.69 Å². The number of aromatic amines is 1. The van der Waals surface area contributed by atoms with Gasteiger partial charge in [-0.25, -0.2) is 4.79 Å². The van der Waals surface area contributed by atoms with Crippen LogP contribution in [0.2, 0.25) is 0 Å². The van der Waals surface area contributed by atoms with Crippen molar-refractivity contribution in [2.75, 3.05) is 0 Å². The van der Waals surface area contributed by atoms with Crippen molar-refractivity contribution in [3.63, 3.8) is 0 Å². The first kappa shape index (κ1) is 16.3. The molecule has 0 bridgehead atoms. The molecule has 0 spiro atoms. The van der Waals surface area contributed by atoms with E-state index in [9.17, 15) is 15.0 Å². The Hall–Kier alpha value is -3.60. The van der Waals surface area contributed by atoms with Crippen molar-refractivity contribution >= 4 is 24.3 Å². The molecular formula is C20H16N2O3. The average molecular weight is 332 g/mol. The number of phenolic OH excluding ortho intramolecular Hbond substituents is 2. The normalized spacial score (nSPS) is 11.4. The van der Waals surface area contributed by atoms with Crippen LogP contribution in [-0.4, -0.2) is 20.2 Å². The van der Waals surface area contributed by atoms with E-state index >= 15 is 0 Å². The van der Waals surface area contributed by atoms with Gasteiger partial charge in [0.1, 0.15) is 11.5 Å². The molecule has 3 aromatic rings. The van der Waals surface area contributed by atoms with Crippen LogP contribution >= 0.6 is 0 Å². The van der Waals surface area contributed by atoms with E-state index in [4.69, 9.17) is 0 Å². The summed E-state index contributed by atoms with van der Waals surface area (Å²) in [5, 5.41) is 18.6. The highest BCUT2D eigenvalue weighted by Gasteiger charge is 1.97. The lowest BCUT2D eigenvalue weighted by Gasteiger charge is -1.98. The third-order valence-corrected chi connectivity index (χ3v) is 3.47. The molecule has 1 aromatic heterocycles. The van der Waals surface area contributed by atoms with Gasteiger partial charge in [0, 0.05) is 5.69 Å². The molecule has 3 N–H and O–H groups in total. The molecule has 0 amide bonds. The van der Waals surface area contributed by atoms with Crippen LogP contribution in [0.4, 0.5) is 0 Å². The van der Waals surface area contributed by atoms with E-state index in [0.29, 0.717) is 11.4 Å². The van der Waals surface area contributed by atoms with Crippen molar-refractivity contribution in [2.24, 2.45) is 0 Å². The van der Waals surface area contributed by atoms with E-state index in [1.54, 1.807) is 66.7 Å². The fourth-order valence-electron chi connectivity index (χ4n) is 2.21. The average Bonchev–Trinajstić information content (AvgIpc) is 2.60. The first-order valence-electron chi connectivity index (χ1n) is 7.64. The quantitative estimate of drug-likeness (QED) is 0.682. The monoisotopic (exact) mass is 332 g/mol. The Kier molecular flexibility index (Phi) is 4.76. The zero-order valence-corrected chi connectivity index (χ0v) is 13.3. The number of nitrogens with zero attached hydrogens (tertiary/aromatic N) is 1. The Morgan fingerprint density at radius 1 is 0.760 bits per heavy atom. The number of hydrogen-bond acceptors (Lipinski definition) is 4. The fourth-order valence-corrected chi connectivity index (χ4v) is 2.21. The summed E-state index contributed by atoms with van der Waals surface area (Å²) >= 11 is 0. The van der Waals surface area contributed by atoms with E-state index in [1.807, 2.05) is 12.2 Å². The van der Waals surface area contributed by atoms with Crippen LogP contribution in [0.5, 0.6) is 11.5 Å². The van der Waals surface area contributed by atoms with Crippen LogP contribution in [0, 0.1) is 0 Å². The highest BCUT2D eigenvalue weighted by Crippen LogP contribution is 2.14. The lowest BCUT2D eigenvalue weighted by Crippen LogP contribution is -2.12. The van der Waals surface area contributed by atoms with Crippen LogP contribution in [0.25, 0.3) is 24.3 Å². The van der Waals surface area contributed by atoms with E-state index in [2.05, 4.69) is 9.97 Å². The molecule has 0 aliphatic heterocycles. The smallest absolute Gasteiger partial charge is 0.345 e. The molecule has 0 aliphatic rings. The maximum atomic E-state index is 11.7. The summed E-state index contributed by atoms with van der Waals surface area (Å²) in [6, 6.07) is 15.2. The minimum absolute atomic E-state index is 0.202. The van der Waals surface area contributed by atoms with Crippen LogP contribution in [0.1, 0.15) is 22.5 Å². The predicted octanol–water partition coefficient (Wildman–Crippen LogP) is 3.52. The van der Waals surface area contributed by atoms with Crippen LogP contribution in [0.3, 0.4) is 0 Å². The number of hydrogen-bond donors (Lipinski definition) is 3. The zero-order valence-electron chi connectivity index (χ0n) is 13.3. The Morgan fingerprint density at radius 2 is 1.28 bits per heavy atom. The Labute approximate surface area is 144 Å². The van der Waals surface area contributed by atoms with E-state index in [-0.39, 0.29) is 11.5 Å². The van der Waals surface area contributed by atoms with Gasteiger partial charge in [0.2, 0.25) is 0 Å². The Balaban J connectivity index is 1.81. The summed E-state index contributed by atoms with van der Waals surface area (Å²) in [6.07, 6.45) is 7.15. The van der Waals surface area contributed by atoms with Crippen LogP contribution in [-0.2, 0) is 0 Å². The molecule has 1 heterocycles. The Morgan fingerprint density at radius 3 is 1.84 bits per heavy atom. The second kappa shape index (κ2) is 7.31. The van der Waals surface area contributed by atoms with Gasteiger partial charge in [-0.05, 0) is 53.6 Å². The minimum Gasteiger partial charge on any atom is -0.508 e. The van der Waals surface area contributed by atoms with E-state index in [1.165, 1.54) is 0 Å². The third-order valence-electron chi connectivity index (χ3n) is 3.47. The number of rotatable bonds is 4. The molecule has 2 aromatic carbocycles. The van der Waals surface area contributed by atoms with Crippen molar-refractivity contribution < 1.29 is 10.2 Å². The second-order valence-corrected chi connectivity index (χ2v) is 5.42. The summed E-state index contributed by atoms with van der Waals surface area (Å²) in [5.74, 6) is 0.407. The lowest BCUT2D eigenvalue weighted by atomic mass is 10.1. The predicted molar refractivity (Wildman–Crippen MR) is 98.9 cm³/mol. The molecule has 25 heavy (non-hydrogen) atoms. The largest absolute Gasteiger partial charge is 0.508 e. The lowest BCUT2D eigenvalue weighted by molar-refractivity contribution is 0.474. The van der Waals surface area contributed by atoms with Gasteiger partial charge in [-0.2, -0.15) is 4.98 Å². The summed E-state index contributed by atoms with van der Waals surface area (Å²) in [4.78, 5) is 18.3. The zero-order chi connectivity index (χ0) is 17.6. The van der Waals surface area contributed by atoms with Crippen molar-refractivity contribution in [2.45, 2.75) is 0 Å². The van der Waals surface area contributed by atoms with Crippen molar-refractivity contribution in [1.29, 1.82) is 0 Å². The molecule has 0 fully saturated rings. The van der Waals surface area contributed by atoms with Gasteiger partial charge in [0.25, 0.3) is 0 Å². The van der Waals surface area contributed by atoms with Gasteiger partial charge < -0.3 is 15.2 Å². The van der Waals surface area contributed by atoms with E-state index in [0.717, 1.165) is 11.1 Å². The van der Waals surface area contributed by atoms with Crippen molar-refractivity contribution in [1.82, 2.24) is 9.97 Å². The summed E-state index contributed by atoms with van der Waals surface area (Å²) in [5.41, 5.74) is 2.51. The number of aromatic nitrogens is 2. The molecule has 0 aliphatic carbocycles. The summed E-state index contributed by atoms with van der Waals surface area (Å²) in [7, 11) is 0. The molecule has 0 saturated carbocycles. The number of nitrogens with one attached hydrogen (secondary N) is 1. The summed E-state index contributed by atoms with van der Waals surface area (Å²) < 4.78 is 0. The number of benzene rings is 2. The Bertz CT molecular complexity index is 892. The molecule has 0 unspecified atom stereocenters. The standard InChI is InChI=1S/C20H16N2O3/c23-18-9-3-14(4-10-18)1-7-16-13-17(22-20(25)21-16)8-2-15-5-11-19(24)12-6-15/h1-13,23-24H,(H,21,22,25)/b7-1+,8-2?. The van der Waals surface area contributed by atoms with Gasteiger partial charge >= 0.3 is 5.69 Å². The van der Waals surface area contributed by atoms with Gasteiger partial charge in [-0.1, -0.05) is 36.4 Å². The highest BCUT2D eigenvalue weighted by molar-refractivity contribution is 5.71. The first-order valence-corrected chi connectivity index (χ1v) is 7.64. The SMILES string of the molecule is O=c1nc(C=Cc2ccc(O)cc2)cc(/C=C/c2ccc(O)cc2)[nH]1. The first-order chi connectivity index (χ1) is 12.1. The molecule has 0 radical (unpaired) electrons. The molecule has 124 valence electrons. The van der Waals surface area contributed by atoms with Gasteiger partial charge in [-0.15, -0.1) is 0 Å². The van der Waals surface area contributed by atoms with Crippen LogP contribution in [0.15, 0.2) is 59.4 Å². The maximum Gasteiger partial charge on any atom is 0.345 e. The molecule has 0 atom stereocenters. The van der Waals surface area contributed by atoms with Gasteiger partial charge in [-0.3, -0.25) is 0 Å². The maximum absolute atomic E-state index is 11.7. The number of phenols is 2. The fraction of sp³-hybridized carbons (Fsp3) is 0. The van der Waals surface area contributed by atoms with Gasteiger partial charge in [0.15, 0.2) is 0 Å². The topological polar surface area (TPSA) is 86.2 Å². The summed E-state index contributed by atoms with van der Waals surface area (Å²) in [6.45, 7) is 0. The van der Waals surface area contributed by atoms with Crippen molar-refractivity contribution in [3.8, 4) is 11.5 Å². The molecule has 5 nitrogen and oxygen atoms in total. The van der Waals surface area contributed by atoms with Crippen LogP contribution < -0.4 is 5.69 Å². The van der Waals surface area contributed by atoms with Crippen molar-refractivity contribution in [3.05, 3.63) is 87.6 Å². The molecule has 0 saturated heterocycles. The van der Waals surface area contributed by atoms with Gasteiger partial charge in [0.05, 0.1) is 5.69 Å². The second-order valence-electron chi connectivity index (χ2n) is 5.42. The number of H-pyrrole nitrogens is 1. The highest BCUT2D eigenvalue weighted by atomic mass is 16.3. The molecule has 5 heteroatoms. The minimum atomic E-state index is -0.432. The third kappa shape index (κ3) is 4.68. The molecule has 3 rings (SSSR count). The molecular weight excluding hydrogens is 316 g/mol. The number of aromatic hydroxyl groups is 2.